The van der Waals surface area contributed by atoms with Crippen LogP contribution in [-0.2, 0) is 14.8 Å². The Morgan fingerprint density at radius 2 is 1.48 bits per heavy atom. The number of nitrogens with zero attached hydrogens (tertiary/aromatic N) is 1. The van der Waals surface area contributed by atoms with E-state index >= 15 is 0 Å². The molecule has 0 aliphatic carbocycles. The standard InChI is InChI=1S/C19H24N2O3S/c1-13-6-8-17(9-7-13)20-19(22)16(4)21(25(5,23)24)18-11-14(2)10-15(3)12-18/h6-12,16H,1-5H3,(H,20,22)/t16-/m1/s1. The lowest BCUT2D eigenvalue weighted by Crippen LogP contribution is -2.45. The van der Waals surface area contributed by atoms with Gasteiger partial charge in [0.05, 0.1) is 11.9 Å². The number of hydrogen-bond acceptors (Lipinski definition) is 3. The lowest BCUT2D eigenvalue weighted by atomic mass is 10.1. The molecule has 134 valence electrons. The smallest absolute Gasteiger partial charge is 0.247 e. The van der Waals surface area contributed by atoms with Gasteiger partial charge in [0.25, 0.3) is 0 Å². The summed E-state index contributed by atoms with van der Waals surface area (Å²) < 4.78 is 25.9. The van der Waals surface area contributed by atoms with Gasteiger partial charge in [-0.15, -0.1) is 0 Å². The van der Waals surface area contributed by atoms with Crippen molar-refractivity contribution < 1.29 is 13.2 Å². The third-order valence-electron chi connectivity index (χ3n) is 3.87. The van der Waals surface area contributed by atoms with Crippen molar-refractivity contribution in [1.82, 2.24) is 0 Å². The van der Waals surface area contributed by atoms with E-state index in [2.05, 4.69) is 5.32 Å². The monoisotopic (exact) mass is 360 g/mol. The van der Waals surface area contributed by atoms with Gasteiger partial charge in [0.1, 0.15) is 6.04 Å². The number of nitrogens with one attached hydrogen (secondary N) is 1. The zero-order valence-corrected chi connectivity index (χ0v) is 16.0. The van der Waals surface area contributed by atoms with E-state index in [0.29, 0.717) is 11.4 Å². The van der Waals surface area contributed by atoms with Gasteiger partial charge in [-0.25, -0.2) is 8.42 Å². The van der Waals surface area contributed by atoms with Crippen molar-refractivity contribution in [3.05, 3.63) is 59.2 Å². The number of sulfonamides is 1. The molecule has 1 amide bonds. The highest BCUT2D eigenvalue weighted by atomic mass is 32.2. The summed E-state index contributed by atoms with van der Waals surface area (Å²) in [6.45, 7) is 7.34. The van der Waals surface area contributed by atoms with Gasteiger partial charge in [-0.2, -0.15) is 0 Å². The van der Waals surface area contributed by atoms with Crippen LogP contribution in [0.2, 0.25) is 0 Å². The highest BCUT2D eigenvalue weighted by molar-refractivity contribution is 7.92. The Hall–Kier alpha value is -2.34. The maximum absolute atomic E-state index is 12.6. The molecule has 0 fully saturated rings. The first-order valence-electron chi connectivity index (χ1n) is 8.03. The second kappa shape index (κ2) is 7.27. The van der Waals surface area contributed by atoms with Crippen molar-refractivity contribution in [1.29, 1.82) is 0 Å². The molecule has 1 atom stereocenters. The summed E-state index contributed by atoms with van der Waals surface area (Å²) >= 11 is 0. The van der Waals surface area contributed by atoms with Gasteiger partial charge in [-0.3, -0.25) is 9.10 Å². The minimum atomic E-state index is -3.62. The molecule has 0 bridgehead atoms. The number of rotatable bonds is 5. The maximum atomic E-state index is 12.6. The van der Waals surface area contributed by atoms with Crippen LogP contribution in [0.5, 0.6) is 0 Å². The molecular weight excluding hydrogens is 336 g/mol. The zero-order chi connectivity index (χ0) is 18.8. The van der Waals surface area contributed by atoms with Gasteiger partial charge in [0.15, 0.2) is 0 Å². The molecule has 0 aromatic heterocycles. The summed E-state index contributed by atoms with van der Waals surface area (Å²) in [5.74, 6) is -0.381. The van der Waals surface area contributed by atoms with Crippen molar-refractivity contribution >= 4 is 27.3 Å². The molecule has 0 aliphatic heterocycles. The topological polar surface area (TPSA) is 66.5 Å². The van der Waals surface area contributed by atoms with E-state index in [1.165, 1.54) is 0 Å². The highest BCUT2D eigenvalue weighted by Crippen LogP contribution is 2.24. The molecule has 5 nitrogen and oxygen atoms in total. The molecule has 0 aliphatic rings. The number of anilines is 2. The summed E-state index contributed by atoms with van der Waals surface area (Å²) in [6.07, 6.45) is 1.11. The number of amides is 1. The van der Waals surface area contributed by atoms with Crippen LogP contribution in [0.15, 0.2) is 42.5 Å². The van der Waals surface area contributed by atoms with E-state index in [-0.39, 0.29) is 5.91 Å². The molecule has 2 aromatic rings. The SMILES string of the molecule is Cc1ccc(NC(=O)[C@@H](C)N(c2cc(C)cc(C)c2)S(C)(=O)=O)cc1. The summed E-state index contributed by atoms with van der Waals surface area (Å²) in [6, 6.07) is 12.0. The predicted octanol–water partition coefficient (Wildman–Crippen LogP) is 3.41. The van der Waals surface area contributed by atoms with Gasteiger partial charge in [-0.05, 0) is 63.1 Å². The molecule has 0 radical (unpaired) electrons. The minimum absolute atomic E-state index is 0.381. The van der Waals surface area contributed by atoms with Crippen molar-refractivity contribution in [3.63, 3.8) is 0 Å². The first-order valence-corrected chi connectivity index (χ1v) is 9.88. The van der Waals surface area contributed by atoms with E-state index in [0.717, 1.165) is 27.3 Å². The van der Waals surface area contributed by atoms with E-state index < -0.39 is 16.1 Å². The normalized spacial score (nSPS) is 12.5. The maximum Gasteiger partial charge on any atom is 0.247 e. The Balaban J connectivity index is 2.34. The lowest BCUT2D eigenvalue weighted by Gasteiger charge is -2.28. The molecule has 6 heteroatoms. The van der Waals surface area contributed by atoms with E-state index in [1.807, 2.05) is 39.0 Å². The van der Waals surface area contributed by atoms with Crippen LogP contribution < -0.4 is 9.62 Å². The largest absolute Gasteiger partial charge is 0.324 e. The van der Waals surface area contributed by atoms with Crippen LogP contribution in [0, 0.1) is 20.8 Å². The second-order valence-electron chi connectivity index (χ2n) is 6.44. The summed E-state index contributed by atoms with van der Waals surface area (Å²) in [4.78, 5) is 12.6. The number of carbonyl (C=O) groups is 1. The van der Waals surface area contributed by atoms with Crippen LogP contribution in [0.1, 0.15) is 23.6 Å². The predicted molar refractivity (Wildman–Crippen MR) is 103 cm³/mol. The number of benzene rings is 2. The Bertz CT molecular complexity index is 854. The average Bonchev–Trinajstić information content (AvgIpc) is 2.47. The highest BCUT2D eigenvalue weighted by Gasteiger charge is 2.29. The fourth-order valence-electron chi connectivity index (χ4n) is 2.77. The van der Waals surface area contributed by atoms with Crippen LogP contribution in [-0.4, -0.2) is 26.6 Å². The summed E-state index contributed by atoms with van der Waals surface area (Å²) in [5, 5.41) is 2.78. The zero-order valence-electron chi connectivity index (χ0n) is 15.2. The molecule has 2 rings (SSSR count). The Morgan fingerprint density at radius 1 is 0.960 bits per heavy atom. The van der Waals surface area contributed by atoms with E-state index in [1.54, 1.807) is 31.2 Å². The number of aryl methyl sites for hydroxylation is 3. The first-order chi connectivity index (χ1) is 11.6. The fraction of sp³-hybridized carbons (Fsp3) is 0.316. The molecule has 25 heavy (non-hydrogen) atoms. The van der Waals surface area contributed by atoms with Crippen LogP contribution >= 0.6 is 0 Å². The van der Waals surface area contributed by atoms with E-state index in [4.69, 9.17) is 0 Å². The third-order valence-corrected chi connectivity index (χ3v) is 5.11. The third kappa shape index (κ3) is 4.82. The lowest BCUT2D eigenvalue weighted by molar-refractivity contribution is -0.116. The van der Waals surface area contributed by atoms with Gasteiger partial charge in [-0.1, -0.05) is 23.8 Å². The van der Waals surface area contributed by atoms with Crippen molar-refractivity contribution in [3.8, 4) is 0 Å². The fourth-order valence-corrected chi connectivity index (χ4v) is 3.93. The summed E-state index contributed by atoms with van der Waals surface area (Å²) in [7, 11) is -3.62. The Kier molecular flexibility index (Phi) is 5.52. The van der Waals surface area contributed by atoms with Gasteiger partial charge in [0.2, 0.25) is 15.9 Å². The Labute approximate surface area is 149 Å². The number of carbonyl (C=O) groups excluding carboxylic acids is 1. The average molecular weight is 360 g/mol. The first kappa shape index (κ1) is 19.0. The molecule has 0 spiro atoms. The molecule has 0 saturated carbocycles. The number of hydrogen-bond donors (Lipinski definition) is 1. The molecular formula is C19H24N2O3S. The molecule has 0 unspecified atom stereocenters. The molecule has 1 N–H and O–H groups in total. The summed E-state index contributed by atoms with van der Waals surface area (Å²) in [5.41, 5.74) is 4.09. The van der Waals surface area contributed by atoms with Crippen LogP contribution in [0.25, 0.3) is 0 Å². The van der Waals surface area contributed by atoms with Gasteiger partial charge < -0.3 is 5.32 Å². The van der Waals surface area contributed by atoms with Crippen molar-refractivity contribution in [2.45, 2.75) is 33.7 Å². The minimum Gasteiger partial charge on any atom is -0.324 e. The second-order valence-corrected chi connectivity index (χ2v) is 8.30. The van der Waals surface area contributed by atoms with Crippen molar-refractivity contribution in [2.24, 2.45) is 0 Å². The molecule has 0 heterocycles. The van der Waals surface area contributed by atoms with E-state index in [9.17, 15) is 13.2 Å². The quantitative estimate of drug-likeness (QED) is 0.888. The van der Waals surface area contributed by atoms with Crippen LogP contribution in [0.3, 0.4) is 0 Å². The van der Waals surface area contributed by atoms with Gasteiger partial charge >= 0.3 is 0 Å². The Morgan fingerprint density at radius 3 is 1.96 bits per heavy atom. The molecule has 0 saturated heterocycles. The van der Waals surface area contributed by atoms with Crippen molar-refractivity contribution in [2.75, 3.05) is 15.9 Å². The van der Waals surface area contributed by atoms with Crippen LogP contribution in [0.4, 0.5) is 11.4 Å². The van der Waals surface area contributed by atoms with Gasteiger partial charge in [0, 0.05) is 5.69 Å². The molecule has 2 aromatic carbocycles.